The molecule has 0 aliphatic carbocycles. The van der Waals surface area contributed by atoms with E-state index >= 15 is 0 Å². The van der Waals surface area contributed by atoms with E-state index in [9.17, 15) is 0 Å². The topological polar surface area (TPSA) is 13.1 Å². The van der Waals surface area contributed by atoms with Crippen LogP contribution in [0.2, 0.25) is 0 Å². The van der Waals surface area contributed by atoms with E-state index in [1.165, 1.54) is 0 Å². The average molecular weight is 136 g/mol. The summed E-state index contributed by atoms with van der Waals surface area (Å²) >= 11 is 0.983. The Morgan fingerprint density at radius 1 is 1.78 bits per heavy atom. The van der Waals surface area contributed by atoms with Gasteiger partial charge < -0.3 is 4.42 Å². The molecule has 0 aromatic carbocycles. The summed E-state index contributed by atoms with van der Waals surface area (Å²) in [6, 6.07) is 2.04. The first-order valence-electron chi connectivity index (χ1n) is 2.93. The minimum atomic E-state index is 0.981. The van der Waals surface area contributed by atoms with Gasteiger partial charge in [-0.25, -0.2) is 0 Å². The third-order valence-electron chi connectivity index (χ3n) is 1.30. The van der Waals surface area contributed by atoms with Crippen molar-refractivity contribution in [3.05, 3.63) is 24.0 Å². The van der Waals surface area contributed by atoms with Crippen molar-refractivity contribution in [2.75, 3.05) is 0 Å². The van der Waals surface area contributed by atoms with Crippen molar-refractivity contribution in [2.24, 2.45) is 0 Å². The molecule has 0 aliphatic rings. The zero-order valence-electron chi connectivity index (χ0n) is 5.77. The molecule has 2 heteroatoms. The monoisotopic (exact) mass is 136 g/mol. The molecule has 0 bridgehead atoms. The first-order valence-corrected chi connectivity index (χ1v) is 3.93. The molecular weight excluding hydrogens is 127 g/mol. The van der Waals surface area contributed by atoms with E-state index in [0.29, 0.717) is 0 Å². The van der Waals surface area contributed by atoms with Crippen molar-refractivity contribution in [1.82, 2.24) is 0 Å². The molecule has 0 unspecified atom stereocenters. The van der Waals surface area contributed by atoms with Crippen molar-refractivity contribution in [2.45, 2.75) is 6.92 Å². The van der Waals surface area contributed by atoms with Crippen LogP contribution in [0.1, 0.15) is 11.3 Å². The van der Waals surface area contributed by atoms with Gasteiger partial charge in [0.15, 0.2) is 0 Å². The van der Waals surface area contributed by atoms with Gasteiger partial charge in [0.25, 0.3) is 0 Å². The molecule has 1 heterocycles. The second-order valence-electron chi connectivity index (χ2n) is 2.07. The summed E-state index contributed by atoms with van der Waals surface area (Å²) in [5, 5.41) is 0. The highest BCUT2D eigenvalue weighted by Gasteiger charge is 1.97. The van der Waals surface area contributed by atoms with Crippen molar-refractivity contribution >= 4 is 27.0 Å². The molecule has 1 aromatic heterocycles. The Kier molecular flexibility index (Phi) is 1.80. The van der Waals surface area contributed by atoms with Crippen LogP contribution in [0, 0.1) is 6.92 Å². The zero-order valence-corrected chi connectivity index (χ0v) is 7.77. The lowest BCUT2D eigenvalue weighted by Crippen LogP contribution is -1.93. The van der Waals surface area contributed by atoms with Gasteiger partial charge in [-0.05, 0) is 13.0 Å². The summed E-state index contributed by atoms with van der Waals surface area (Å²) in [6.07, 6.45) is 1.82. The second kappa shape index (κ2) is 2.43. The molecule has 0 saturated carbocycles. The normalized spacial score (nSPS) is 9.44. The van der Waals surface area contributed by atoms with Gasteiger partial charge in [-0.2, -0.15) is 0 Å². The largest absolute Gasteiger partial charge is 0.486 e. The lowest BCUT2D eigenvalue weighted by Gasteiger charge is -1.82. The molecule has 0 amide bonds. The third-order valence-corrected chi connectivity index (χ3v) is 1.79. The fraction of sp³-hybridized carbons (Fsp3) is 0.143. The van der Waals surface area contributed by atoms with Gasteiger partial charge in [0.2, 0.25) is 0 Å². The molecule has 0 spiro atoms. The molecule has 46 valence electrons. The van der Waals surface area contributed by atoms with Gasteiger partial charge in [-0.3, -0.25) is 0 Å². The molecule has 1 nitrogen and oxygen atoms in total. The summed E-state index contributed by atoms with van der Waals surface area (Å²) in [5.41, 5.74) is 1.13. The van der Waals surface area contributed by atoms with Crippen LogP contribution in [0.3, 0.4) is 0 Å². The van der Waals surface area contributed by atoms with Gasteiger partial charge in [0.1, 0.15) is 5.76 Å². The number of aryl methyl sites for hydroxylation is 1. The van der Waals surface area contributed by atoms with Crippen LogP contribution < -0.4 is 4.62 Å². The molecule has 1 rings (SSSR count). The van der Waals surface area contributed by atoms with Gasteiger partial charge in [0.05, 0.1) is 0 Å². The Morgan fingerprint density at radius 3 is 2.67 bits per heavy atom. The number of rotatable bonds is 1. The maximum absolute atomic E-state index is 5.30. The van der Waals surface area contributed by atoms with E-state index in [1.807, 2.05) is 19.1 Å². The summed E-state index contributed by atoms with van der Waals surface area (Å²) in [6.45, 7) is 5.62. The molecule has 0 radical (unpaired) electrons. The molecule has 1 aromatic rings. The highest BCUT2D eigenvalue weighted by molar-refractivity contribution is 6.30. The van der Waals surface area contributed by atoms with Crippen LogP contribution in [0.4, 0.5) is 0 Å². The van der Waals surface area contributed by atoms with Crippen LogP contribution in [-0.4, -0.2) is 16.3 Å². The van der Waals surface area contributed by atoms with Crippen LogP contribution in [0.15, 0.2) is 17.1 Å². The van der Waals surface area contributed by atoms with Gasteiger partial charge in [0, 0.05) is 10.2 Å². The van der Waals surface area contributed by atoms with Crippen molar-refractivity contribution < 1.29 is 4.42 Å². The fourth-order valence-electron chi connectivity index (χ4n) is 0.853. The smallest absolute Gasteiger partial charge is 0.318 e. The number of hydrogen-bond acceptors (Lipinski definition) is 1. The van der Waals surface area contributed by atoms with Crippen molar-refractivity contribution in [3.63, 3.8) is 0 Å². The number of hydrogen-bond donors (Lipinski definition) is 0. The fourth-order valence-corrected chi connectivity index (χ4v) is 1.47. The van der Waals surface area contributed by atoms with E-state index in [2.05, 4.69) is 6.58 Å². The molecule has 0 aliphatic heterocycles. The highest BCUT2D eigenvalue weighted by atomic mass is 27.0. The zero-order chi connectivity index (χ0) is 6.85. The lowest BCUT2D eigenvalue weighted by molar-refractivity contribution is 0.565. The molecule has 0 atom stereocenters. The van der Waals surface area contributed by atoms with E-state index < -0.39 is 0 Å². The maximum Gasteiger partial charge on any atom is 0.318 e. The maximum atomic E-state index is 5.30. The quantitative estimate of drug-likeness (QED) is 0.512. The summed E-state index contributed by atoms with van der Waals surface area (Å²) in [4.78, 5) is 0. The van der Waals surface area contributed by atoms with Gasteiger partial charge in [-0.15, -0.1) is 0 Å². The first kappa shape index (κ1) is 6.67. The van der Waals surface area contributed by atoms with Crippen LogP contribution >= 0.6 is 0 Å². The molecule has 0 N–H and O–H groups in total. The second-order valence-corrected chi connectivity index (χ2v) is 3.06. The highest BCUT2D eigenvalue weighted by Crippen LogP contribution is 2.06. The van der Waals surface area contributed by atoms with Gasteiger partial charge in [-0.1, -0.05) is 12.7 Å². The van der Waals surface area contributed by atoms with Crippen LogP contribution in [0.5, 0.6) is 0 Å². The molecular formula is C7H9AlO. The summed E-state index contributed by atoms with van der Waals surface area (Å²) in [5.74, 6) is 0.981. The standard InChI is InChI=1S/C7H7O.Al.2H/c1-3-7-4-5-8-6(7)2;;;/h3-4H,1H2,2H3;;;. The SMILES string of the molecule is C=Cc1c[c]([AlH2])oc1C. The van der Waals surface area contributed by atoms with Crippen molar-refractivity contribution in [3.8, 4) is 0 Å². The molecule has 0 saturated heterocycles. The first-order chi connectivity index (χ1) is 4.24. The predicted molar refractivity (Wildman–Crippen MR) is 41.7 cm³/mol. The van der Waals surface area contributed by atoms with Crippen LogP contribution in [0.25, 0.3) is 6.08 Å². The lowest BCUT2D eigenvalue weighted by atomic mass is 10.3. The minimum Gasteiger partial charge on any atom is -0.486 e. The Hall–Kier alpha value is -0.448. The van der Waals surface area contributed by atoms with Crippen molar-refractivity contribution in [1.29, 1.82) is 0 Å². The van der Waals surface area contributed by atoms with Crippen LogP contribution in [-0.2, 0) is 0 Å². The summed E-state index contributed by atoms with van der Waals surface area (Å²) in [7, 11) is 0. The molecule has 0 fully saturated rings. The van der Waals surface area contributed by atoms with E-state index in [4.69, 9.17) is 4.42 Å². The Bertz CT molecular complexity index is 225. The summed E-state index contributed by atoms with van der Waals surface area (Å²) < 4.78 is 6.38. The Morgan fingerprint density at radius 2 is 2.44 bits per heavy atom. The third kappa shape index (κ3) is 1.27. The van der Waals surface area contributed by atoms with E-state index in [-0.39, 0.29) is 0 Å². The predicted octanol–water partition coefficient (Wildman–Crippen LogP) is 0.489. The molecule has 9 heavy (non-hydrogen) atoms. The van der Waals surface area contributed by atoms with Gasteiger partial charge >= 0.3 is 16.3 Å². The number of furan rings is 1. The minimum absolute atomic E-state index is 0.981. The Labute approximate surface area is 62.8 Å². The van der Waals surface area contributed by atoms with E-state index in [0.717, 1.165) is 32.2 Å². The average Bonchev–Trinajstić information content (AvgIpc) is 2.10. The van der Waals surface area contributed by atoms with E-state index in [1.54, 1.807) is 0 Å². The Balaban J connectivity index is 3.15.